The van der Waals surface area contributed by atoms with Gasteiger partial charge in [-0.3, -0.25) is 4.99 Å². The molecule has 4 nitrogen and oxygen atoms in total. The van der Waals surface area contributed by atoms with Crippen molar-refractivity contribution >= 4 is 41.7 Å². The number of likely N-dealkylation sites (tertiary alicyclic amines) is 1. The topological polar surface area (TPSA) is 36.9 Å². The summed E-state index contributed by atoms with van der Waals surface area (Å²) in [4.78, 5) is 8.57. The van der Waals surface area contributed by atoms with Crippen molar-refractivity contribution in [2.45, 2.75) is 37.3 Å². The highest BCUT2D eigenvalue weighted by atomic mass is 127. The fourth-order valence-corrected chi connectivity index (χ4v) is 3.78. The predicted octanol–water partition coefficient (Wildman–Crippen LogP) is 4.11. The molecule has 1 aliphatic heterocycles. The van der Waals surface area contributed by atoms with Gasteiger partial charge < -0.3 is 15.0 Å². The van der Waals surface area contributed by atoms with Gasteiger partial charge in [0.2, 0.25) is 0 Å². The lowest BCUT2D eigenvalue weighted by Gasteiger charge is -2.22. The molecule has 0 amide bonds. The Morgan fingerprint density at radius 2 is 2.12 bits per heavy atom. The number of hydrogen-bond donors (Lipinski definition) is 1. The maximum atomic E-state index is 5.58. The van der Waals surface area contributed by atoms with E-state index in [2.05, 4.69) is 61.3 Å². The summed E-state index contributed by atoms with van der Waals surface area (Å²) in [5, 5.41) is 3.91. The first kappa shape index (κ1) is 22.6. The summed E-state index contributed by atoms with van der Waals surface area (Å²) < 4.78 is 5.58. The van der Waals surface area contributed by atoms with E-state index >= 15 is 0 Å². The van der Waals surface area contributed by atoms with Gasteiger partial charge in [-0.2, -0.15) is 0 Å². The van der Waals surface area contributed by atoms with E-state index in [1.54, 1.807) is 0 Å². The molecule has 0 aromatic heterocycles. The van der Waals surface area contributed by atoms with E-state index in [0.29, 0.717) is 11.2 Å². The number of rotatable bonds is 8. The van der Waals surface area contributed by atoms with E-state index < -0.39 is 0 Å². The van der Waals surface area contributed by atoms with Crippen molar-refractivity contribution in [3.05, 3.63) is 30.3 Å². The highest BCUT2D eigenvalue weighted by molar-refractivity contribution is 14.0. The Morgan fingerprint density at radius 1 is 1.36 bits per heavy atom. The smallest absolute Gasteiger partial charge is 0.193 e. The molecule has 142 valence electrons. The number of benzene rings is 1. The Morgan fingerprint density at radius 3 is 2.80 bits per heavy atom. The average Bonchev–Trinajstić information content (AvgIpc) is 3.06. The molecule has 0 spiro atoms. The molecule has 0 aliphatic carbocycles. The lowest BCUT2D eigenvalue weighted by molar-refractivity contribution is 0.114. The second-order valence-electron chi connectivity index (χ2n) is 6.20. The molecule has 1 fully saturated rings. The minimum absolute atomic E-state index is 0. The van der Waals surface area contributed by atoms with Crippen LogP contribution in [0.4, 0.5) is 0 Å². The molecule has 6 heteroatoms. The third-order valence-corrected chi connectivity index (χ3v) is 5.15. The van der Waals surface area contributed by atoms with Crippen LogP contribution in [0.3, 0.4) is 0 Å². The van der Waals surface area contributed by atoms with Crippen molar-refractivity contribution in [3.63, 3.8) is 0 Å². The molecular weight excluding hydrogens is 445 g/mol. The molecule has 2 unspecified atom stereocenters. The molecule has 2 rings (SSSR count). The summed E-state index contributed by atoms with van der Waals surface area (Å²) in [7, 11) is 0. The van der Waals surface area contributed by atoms with Gasteiger partial charge in [-0.25, -0.2) is 0 Å². The van der Waals surface area contributed by atoms with E-state index in [0.717, 1.165) is 45.4 Å². The van der Waals surface area contributed by atoms with Crippen molar-refractivity contribution in [1.82, 2.24) is 10.2 Å². The Labute approximate surface area is 174 Å². The molecule has 0 saturated carbocycles. The molecule has 1 saturated heterocycles. The second-order valence-corrected chi connectivity index (χ2v) is 7.71. The summed E-state index contributed by atoms with van der Waals surface area (Å²) in [5.41, 5.74) is 0. The van der Waals surface area contributed by atoms with Crippen molar-refractivity contribution in [2.24, 2.45) is 10.9 Å². The van der Waals surface area contributed by atoms with E-state index in [9.17, 15) is 0 Å². The lowest BCUT2D eigenvalue weighted by atomic mass is 10.1. The molecule has 2 atom stereocenters. The predicted molar refractivity (Wildman–Crippen MR) is 119 cm³/mol. The largest absolute Gasteiger partial charge is 0.381 e. The Bertz CT molecular complexity index is 501. The van der Waals surface area contributed by atoms with Crippen molar-refractivity contribution in [3.8, 4) is 0 Å². The Balaban J connectivity index is 0.00000312. The number of nitrogens with one attached hydrogen (secondary N) is 1. The van der Waals surface area contributed by atoms with Gasteiger partial charge in [0.05, 0.1) is 13.2 Å². The first-order chi connectivity index (χ1) is 11.7. The number of guanidine groups is 1. The fraction of sp³-hybridized carbons (Fsp3) is 0.632. The Kier molecular flexibility index (Phi) is 11.6. The second kappa shape index (κ2) is 12.8. The van der Waals surface area contributed by atoms with Crippen LogP contribution >= 0.6 is 35.7 Å². The monoisotopic (exact) mass is 477 g/mol. The van der Waals surface area contributed by atoms with Crippen LogP contribution in [-0.4, -0.2) is 55.5 Å². The third-order valence-electron chi connectivity index (χ3n) is 4.06. The van der Waals surface area contributed by atoms with Gasteiger partial charge >= 0.3 is 0 Å². The molecule has 1 heterocycles. The first-order valence-corrected chi connectivity index (χ1v) is 9.93. The quantitative estimate of drug-likeness (QED) is 0.265. The van der Waals surface area contributed by atoms with Crippen LogP contribution in [-0.2, 0) is 4.74 Å². The summed E-state index contributed by atoms with van der Waals surface area (Å²) >= 11 is 1.88. The molecule has 1 aromatic carbocycles. The zero-order valence-electron chi connectivity index (χ0n) is 15.6. The molecule has 1 N–H and O–H groups in total. The van der Waals surface area contributed by atoms with E-state index in [1.807, 2.05) is 11.8 Å². The van der Waals surface area contributed by atoms with Gasteiger partial charge in [0, 0.05) is 42.3 Å². The van der Waals surface area contributed by atoms with Crippen LogP contribution in [0.15, 0.2) is 40.2 Å². The first-order valence-electron chi connectivity index (χ1n) is 9.05. The number of nitrogens with zero attached hydrogens (tertiary/aromatic N) is 2. The highest BCUT2D eigenvalue weighted by Gasteiger charge is 2.24. The number of thioether (sulfide) groups is 1. The van der Waals surface area contributed by atoms with Gasteiger partial charge in [-0.05, 0) is 32.4 Å². The molecule has 1 aromatic rings. The van der Waals surface area contributed by atoms with Gasteiger partial charge in [0.25, 0.3) is 0 Å². The molecule has 1 aliphatic rings. The van der Waals surface area contributed by atoms with E-state index in [1.165, 1.54) is 11.3 Å². The minimum Gasteiger partial charge on any atom is -0.381 e. The lowest BCUT2D eigenvalue weighted by Crippen LogP contribution is -2.40. The van der Waals surface area contributed by atoms with Crippen LogP contribution in [0.25, 0.3) is 0 Å². The van der Waals surface area contributed by atoms with Gasteiger partial charge in [-0.15, -0.1) is 35.7 Å². The minimum atomic E-state index is 0. The van der Waals surface area contributed by atoms with Crippen LogP contribution in [0, 0.1) is 5.92 Å². The number of halogens is 1. The van der Waals surface area contributed by atoms with E-state index in [4.69, 9.17) is 9.73 Å². The molecule has 0 bridgehead atoms. The summed E-state index contributed by atoms with van der Waals surface area (Å²) in [5.74, 6) is 1.68. The van der Waals surface area contributed by atoms with Crippen molar-refractivity contribution < 1.29 is 4.74 Å². The average molecular weight is 477 g/mol. The van der Waals surface area contributed by atoms with Crippen molar-refractivity contribution in [2.75, 3.05) is 39.4 Å². The summed E-state index contributed by atoms with van der Waals surface area (Å²) in [6.07, 6.45) is 1.19. The van der Waals surface area contributed by atoms with Crippen LogP contribution in [0.1, 0.15) is 27.2 Å². The van der Waals surface area contributed by atoms with Gasteiger partial charge in [0.15, 0.2) is 5.96 Å². The summed E-state index contributed by atoms with van der Waals surface area (Å²) in [6.45, 7) is 12.0. The maximum absolute atomic E-state index is 5.58. The van der Waals surface area contributed by atoms with Crippen LogP contribution in [0.2, 0.25) is 0 Å². The molecule has 25 heavy (non-hydrogen) atoms. The molecule has 0 radical (unpaired) electrons. The number of aliphatic imine (C=N–C) groups is 1. The number of ether oxygens (including phenoxy) is 1. The normalized spacial score (nSPS) is 18.8. The maximum Gasteiger partial charge on any atom is 0.193 e. The standard InChI is InChI=1S/C19H31N3OS.HI/c1-4-20-19(22-12-11-17(14-22)15-23-5-2)21-13-16(3)24-18-9-7-6-8-10-18;/h6-10,16-17H,4-5,11-15H2,1-3H3,(H,20,21);1H. The number of hydrogen-bond acceptors (Lipinski definition) is 3. The van der Waals surface area contributed by atoms with E-state index in [-0.39, 0.29) is 24.0 Å². The summed E-state index contributed by atoms with van der Waals surface area (Å²) in [6, 6.07) is 10.6. The zero-order valence-corrected chi connectivity index (χ0v) is 18.8. The van der Waals surface area contributed by atoms with Crippen LogP contribution < -0.4 is 5.32 Å². The van der Waals surface area contributed by atoms with Gasteiger partial charge in [-0.1, -0.05) is 25.1 Å². The zero-order chi connectivity index (χ0) is 17.2. The van der Waals surface area contributed by atoms with Gasteiger partial charge in [0.1, 0.15) is 0 Å². The fourth-order valence-electron chi connectivity index (χ4n) is 2.86. The Hall–Kier alpha value is -0.470. The SMILES string of the molecule is CCNC(=NCC(C)Sc1ccccc1)N1CCC(COCC)C1.I. The highest BCUT2D eigenvalue weighted by Crippen LogP contribution is 2.23. The third kappa shape index (κ3) is 8.17. The van der Waals surface area contributed by atoms with Crippen molar-refractivity contribution in [1.29, 1.82) is 0 Å². The van der Waals surface area contributed by atoms with Crippen LogP contribution in [0.5, 0.6) is 0 Å². The molecular formula is C19H32IN3OS.